The maximum atomic E-state index is 13.3. The molecule has 0 spiro atoms. The maximum absolute atomic E-state index is 13.3. The summed E-state index contributed by atoms with van der Waals surface area (Å²) < 4.78 is 40.0. The van der Waals surface area contributed by atoms with Gasteiger partial charge in [0.1, 0.15) is 5.76 Å². The summed E-state index contributed by atoms with van der Waals surface area (Å²) in [7, 11) is 0. The van der Waals surface area contributed by atoms with E-state index in [1.165, 1.54) is 48.5 Å². The first-order chi connectivity index (χ1) is 16.5. The Kier molecular flexibility index (Phi) is 6.08. The van der Waals surface area contributed by atoms with Crippen molar-refractivity contribution in [3.05, 3.63) is 110 Å². The number of amides is 1. The van der Waals surface area contributed by atoms with E-state index < -0.39 is 45.7 Å². The van der Waals surface area contributed by atoms with Crippen LogP contribution in [0.25, 0.3) is 5.76 Å². The lowest BCUT2D eigenvalue weighted by Gasteiger charge is -2.26. The van der Waals surface area contributed by atoms with Crippen LogP contribution in [0.2, 0.25) is 5.02 Å². The average molecular weight is 503 g/mol. The molecule has 3 aromatic rings. The SMILES string of the molecule is O=C1C(=O)N(c2cccc(C(F)(F)F)c2)[C@H](c2cccc([N+](=O)[O-])c2)C1=C(O)c1ccc(Cl)cc1. The molecule has 1 atom stereocenters. The fraction of sp³-hybridized carbons (Fsp3) is 0.0833. The number of hydrogen-bond acceptors (Lipinski definition) is 5. The summed E-state index contributed by atoms with van der Waals surface area (Å²) in [4.78, 5) is 37.6. The minimum atomic E-state index is -4.73. The van der Waals surface area contributed by atoms with Crippen LogP contribution >= 0.6 is 11.6 Å². The molecule has 1 amide bonds. The predicted molar refractivity (Wildman–Crippen MR) is 121 cm³/mol. The van der Waals surface area contributed by atoms with Crippen LogP contribution in [0.4, 0.5) is 24.5 Å². The zero-order valence-electron chi connectivity index (χ0n) is 17.5. The molecular weight excluding hydrogens is 489 g/mol. The van der Waals surface area contributed by atoms with Gasteiger partial charge in [-0.25, -0.2) is 0 Å². The number of anilines is 1. The standard InChI is InChI=1S/C24H14ClF3N2O5/c25-16-9-7-13(8-10-16)21(31)19-20(14-3-1-6-18(11-14)30(34)35)29(23(33)22(19)32)17-5-2-4-15(12-17)24(26,27)28/h1-12,20,31H/t20-/m1/s1. The fourth-order valence-corrected chi connectivity index (χ4v) is 3.94. The van der Waals surface area contributed by atoms with E-state index in [1.54, 1.807) is 0 Å². The van der Waals surface area contributed by atoms with Gasteiger partial charge in [-0.3, -0.25) is 24.6 Å². The highest BCUT2D eigenvalue weighted by atomic mass is 35.5. The second-order valence-corrected chi connectivity index (χ2v) is 8.01. The van der Waals surface area contributed by atoms with Crippen LogP contribution < -0.4 is 4.90 Å². The van der Waals surface area contributed by atoms with E-state index in [1.807, 2.05) is 0 Å². The largest absolute Gasteiger partial charge is 0.507 e. The molecule has 3 aromatic carbocycles. The van der Waals surface area contributed by atoms with E-state index in [0.717, 1.165) is 23.1 Å². The highest BCUT2D eigenvalue weighted by Crippen LogP contribution is 2.44. The van der Waals surface area contributed by atoms with Gasteiger partial charge in [0.2, 0.25) is 0 Å². The number of nitrogens with zero attached hydrogens (tertiary/aromatic N) is 2. The lowest BCUT2D eigenvalue weighted by Crippen LogP contribution is -2.29. The topological polar surface area (TPSA) is 101 Å². The second kappa shape index (κ2) is 8.88. The first kappa shape index (κ1) is 24.0. The van der Waals surface area contributed by atoms with Gasteiger partial charge in [0.15, 0.2) is 0 Å². The Morgan fingerprint density at radius 3 is 2.29 bits per heavy atom. The lowest BCUT2D eigenvalue weighted by atomic mass is 9.94. The first-order valence-corrected chi connectivity index (χ1v) is 10.4. The Bertz CT molecular complexity index is 1390. The highest BCUT2D eigenvalue weighted by molar-refractivity contribution is 6.51. The highest BCUT2D eigenvalue weighted by Gasteiger charge is 2.47. The van der Waals surface area contributed by atoms with Crippen molar-refractivity contribution in [2.75, 3.05) is 4.90 Å². The molecule has 1 aliphatic heterocycles. The lowest BCUT2D eigenvalue weighted by molar-refractivity contribution is -0.384. The normalized spacial score (nSPS) is 17.6. The number of nitro benzene ring substituents is 1. The number of rotatable bonds is 4. The number of carbonyl (C=O) groups is 2. The third-order valence-corrected chi connectivity index (χ3v) is 5.66. The number of carbonyl (C=O) groups excluding carboxylic acids is 2. The van der Waals surface area contributed by atoms with Crippen molar-refractivity contribution < 1.29 is 32.8 Å². The monoisotopic (exact) mass is 502 g/mol. The fourth-order valence-electron chi connectivity index (χ4n) is 3.82. The van der Waals surface area contributed by atoms with Crippen LogP contribution in [-0.4, -0.2) is 21.7 Å². The van der Waals surface area contributed by atoms with Gasteiger partial charge in [-0.2, -0.15) is 13.2 Å². The summed E-state index contributed by atoms with van der Waals surface area (Å²) in [5, 5.41) is 22.6. The Hall–Kier alpha value is -4.18. The minimum absolute atomic E-state index is 0.0475. The van der Waals surface area contributed by atoms with Crippen LogP contribution in [0.5, 0.6) is 0 Å². The van der Waals surface area contributed by atoms with Gasteiger partial charge in [0.05, 0.1) is 22.1 Å². The number of alkyl halides is 3. The van der Waals surface area contributed by atoms with Crippen LogP contribution in [0.1, 0.15) is 22.7 Å². The Labute approximate surface area is 200 Å². The van der Waals surface area contributed by atoms with Crippen LogP contribution in [-0.2, 0) is 15.8 Å². The Morgan fingerprint density at radius 2 is 1.66 bits per heavy atom. The third-order valence-electron chi connectivity index (χ3n) is 5.41. The number of ketones is 1. The summed E-state index contributed by atoms with van der Waals surface area (Å²) in [5.74, 6) is -2.96. The van der Waals surface area contributed by atoms with Gasteiger partial charge in [0.25, 0.3) is 17.4 Å². The molecule has 11 heteroatoms. The molecule has 0 aromatic heterocycles. The molecule has 7 nitrogen and oxygen atoms in total. The van der Waals surface area contributed by atoms with Gasteiger partial charge >= 0.3 is 6.18 Å². The first-order valence-electron chi connectivity index (χ1n) is 9.97. The third kappa shape index (κ3) is 4.47. The van der Waals surface area contributed by atoms with E-state index in [-0.39, 0.29) is 22.5 Å². The molecule has 35 heavy (non-hydrogen) atoms. The number of Topliss-reactive ketones (excluding diaryl/α,β-unsaturated/α-hetero) is 1. The van der Waals surface area contributed by atoms with Crippen molar-refractivity contribution in [3.8, 4) is 0 Å². The van der Waals surface area contributed by atoms with Gasteiger partial charge < -0.3 is 5.11 Å². The molecule has 4 rings (SSSR count). The van der Waals surface area contributed by atoms with Crippen molar-refractivity contribution in [3.63, 3.8) is 0 Å². The van der Waals surface area contributed by atoms with E-state index in [0.29, 0.717) is 11.1 Å². The summed E-state index contributed by atoms with van der Waals surface area (Å²) in [5.41, 5.74) is -1.97. The number of halogens is 4. The number of aliphatic hydroxyl groups is 1. The number of aliphatic hydroxyl groups excluding tert-OH is 1. The molecular formula is C24H14ClF3N2O5. The van der Waals surface area contributed by atoms with E-state index >= 15 is 0 Å². The van der Waals surface area contributed by atoms with Crippen molar-refractivity contribution in [2.24, 2.45) is 0 Å². The summed E-state index contributed by atoms with van der Waals surface area (Å²) in [6.45, 7) is 0. The predicted octanol–water partition coefficient (Wildman–Crippen LogP) is 5.89. The van der Waals surface area contributed by atoms with Crippen molar-refractivity contribution in [1.82, 2.24) is 0 Å². The molecule has 0 aliphatic carbocycles. The van der Waals surface area contributed by atoms with E-state index in [9.17, 15) is 38.0 Å². The Morgan fingerprint density at radius 1 is 1.00 bits per heavy atom. The minimum Gasteiger partial charge on any atom is -0.507 e. The van der Waals surface area contributed by atoms with Gasteiger partial charge in [-0.1, -0.05) is 29.8 Å². The molecule has 0 saturated carbocycles. The zero-order chi connectivity index (χ0) is 25.5. The molecule has 178 valence electrons. The number of hydrogen-bond donors (Lipinski definition) is 1. The molecule has 1 N–H and O–H groups in total. The van der Waals surface area contributed by atoms with Gasteiger partial charge in [-0.05, 0) is 48.0 Å². The number of nitro groups is 1. The molecule has 1 heterocycles. The van der Waals surface area contributed by atoms with Crippen LogP contribution in [0.15, 0.2) is 78.4 Å². The zero-order valence-corrected chi connectivity index (χ0v) is 18.2. The van der Waals surface area contributed by atoms with Gasteiger partial charge in [-0.15, -0.1) is 0 Å². The molecule has 0 bridgehead atoms. The Balaban J connectivity index is 1.97. The maximum Gasteiger partial charge on any atom is 0.416 e. The van der Waals surface area contributed by atoms with Crippen molar-refractivity contribution >= 4 is 40.4 Å². The quantitative estimate of drug-likeness (QED) is 0.157. The van der Waals surface area contributed by atoms with Crippen LogP contribution in [0, 0.1) is 10.1 Å². The molecule has 0 unspecified atom stereocenters. The number of non-ortho nitro benzene ring substituents is 1. The molecule has 1 saturated heterocycles. The van der Waals surface area contributed by atoms with Gasteiger partial charge in [0, 0.05) is 28.4 Å². The van der Waals surface area contributed by atoms with E-state index in [2.05, 4.69) is 0 Å². The van der Waals surface area contributed by atoms with Crippen LogP contribution in [0.3, 0.4) is 0 Å². The molecule has 1 fully saturated rings. The number of benzene rings is 3. The van der Waals surface area contributed by atoms with E-state index in [4.69, 9.17) is 11.6 Å². The summed E-state index contributed by atoms with van der Waals surface area (Å²) in [6, 6.07) is 12.9. The molecule has 0 radical (unpaired) electrons. The van der Waals surface area contributed by atoms with Crippen molar-refractivity contribution in [1.29, 1.82) is 0 Å². The summed E-state index contributed by atoms with van der Waals surface area (Å²) >= 11 is 5.87. The second-order valence-electron chi connectivity index (χ2n) is 7.58. The average Bonchev–Trinajstić information content (AvgIpc) is 3.09. The molecule has 1 aliphatic rings. The van der Waals surface area contributed by atoms with Crippen molar-refractivity contribution in [2.45, 2.75) is 12.2 Å². The summed E-state index contributed by atoms with van der Waals surface area (Å²) in [6.07, 6.45) is -4.73. The smallest absolute Gasteiger partial charge is 0.416 e.